The number of hydrogen-bond acceptors (Lipinski definition) is 2. The maximum Gasteiger partial charge on any atom is 0.387 e. The van der Waals surface area contributed by atoms with Crippen molar-refractivity contribution in [2.45, 2.75) is 13.2 Å². The van der Waals surface area contributed by atoms with Crippen molar-refractivity contribution < 1.29 is 17.9 Å². The van der Waals surface area contributed by atoms with Crippen molar-refractivity contribution in [2.24, 2.45) is 0 Å². The number of benzene rings is 2. The summed E-state index contributed by atoms with van der Waals surface area (Å²) in [7, 11) is 0. The molecule has 0 spiro atoms. The lowest BCUT2D eigenvalue weighted by Crippen LogP contribution is -2.08. The van der Waals surface area contributed by atoms with Gasteiger partial charge in [-0.25, -0.2) is 4.39 Å². The molecular weight excluding hydrogens is 371 g/mol. The summed E-state index contributed by atoms with van der Waals surface area (Å²) in [5.74, 6) is -0.498. The van der Waals surface area contributed by atoms with Gasteiger partial charge in [0.15, 0.2) is 0 Å². The summed E-state index contributed by atoms with van der Waals surface area (Å²) in [4.78, 5) is 0. The first kappa shape index (κ1) is 16.0. The van der Waals surface area contributed by atoms with Crippen LogP contribution in [0.15, 0.2) is 40.9 Å². The largest absolute Gasteiger partial charge is 0.434 e. The molecule has 0 aliphatic rings. The monoisotopic (exact) mass is 379 g/mol. The van der Waals surface area contributed by atoms with E-state index in [4.69, 9.17) is 11.6 Å². The smallest absolute Gasteiger partial charge is 0.387 e. The van der Waals surface area contributed by atoms with Crippen LogP contribution >= 0.6 is 27.5 Å². The van der Waals surface area contributed by atoms with Crippen LogP contribution in [0, 0.1) is 5.82 Å². The van der Waals surface area contributed by atoms with Crippen LogP contribution in [-0.4, -0.2) is 6.61 Å². The number of alkyl halides is 2. The Hall–Kier alpha value is -1.40. The lowest BCUT2D eigenvalue weighted by Gasteiger charge is -2.14. The minimum atomic E-state index is -2.93. The molecule has 0 bridgehead atoms. The van der Waals surface area contributed by atoms with Crippen LogP contribution in [-0.2, 0) is 6.54 Å². The molecule has 2 aromatic carbocycles. The minimum absolute atomic E-state index is 0.0214. The molecule has 0 unspecified atom stereocenters. The van der Waals surface area contributed by atoms with Gasteiger partial charge >= 0.3 is 6.61 Å². The molecule has 0 saturated heterocycles. The summed E-state index contributed by atoms with van der Waals surface area (Å²) in [6.45, 7) is -2.84. The molecule has 0 atom stereocenters. The van der Waals surface area contributed by atoms with Gasteiger partial charge in [-0.2, -0.15) is 8.78 Å². The van der Waals surface area contributed by atoms with Gasteiger partial charge in [-0.3, -0.25) is 0 Å². The Balaban J connectivity index is 2.21. The molecule has 0 saturated carbocycles. The molecule has 0 aromatic heterocycles. The van der Waals surface area contributed by atoms with E-state index >= 15 is 0 Å². The van der Waals surface area contributed by atoms with Crippen molar-refractivity contribution in [2.75, 3.05) is 5.32 Å². The Morgan fingerprint density at radius 3 is 2.67 bits per heavy atom. The standard InChI is InChI=1S/C14H10BrClF3NO/c15-9-4-5-12(21-14(18)19)8(6-9)7-20-13-10(16)2-1-3-11(13)17/h1-6,14,20H,7H2. The third kappa shape index (κ3) is 4.28. The fourth-order valence-corrected chi connectivity index (χ4v) is 2.39. The van der Waals surface area contributed by atoms with Crippen LogP contribution < -0.4 is 10.1 Å². The van der Waals surface area contributed by atoms with E-state index in [1.807, 2.05) is 0 Å². The molecule has 7 heteroatoms. The third-order valence-electron chi connectivity index (χ3n) is 2.66. The summed E-state index contributed by atoms with van der Waals surface area (Å²) in [5, 5.41) is 3.00. The Labute approximate surface area is 133 Å². The fourth-order valence-electron chi connectivity index (χ4n) is 1.75. The van der Waals surface area contributed by atoms with Gasteiger partial charge in [0.25, 0.3) is 0 Å². The Morgan fingerprint density at radius 1 is 1.24 bits per heavy atom. The Morgan fingerprint density at radius 2 is 2.00 bits per heavy atom. The molecular formula is C14H10BrClF3NO. The highest BCUT2D eigenvalue weighted by atomic mass is 79.9. The number of hydrogen-bond donors (Lipinski definition) is 1. The fraction of sp³-hybridized carbons (Fsp3) is 0.143. The van der Waals surface area contributed by atoms with Crippen molar-refractivity contribution >= 4 is 33.2 Å². The number of rotatable bonds is 5. The molecule has 2 nitrogen and oxygen atoms in total. The predicted molar refractivity (Wildman–Crippen MR) is 79.5 cm³/mol. The highest BCUT2D eigenvalue weighted by Crippen LogP contribution is 2.28. The second kappa shape index (κ2) is 7.04. The van der Waals surface area contributed by atoms with E-state index in [0.29, 0.717) is 10.0 Å². The van der Waals surface area contributed by atoms with E-state index in [0.717, 1.165) is 0 Å². The second-order valence-electron chi connectivity index (χ2n) is 4.08. The molecule has 0 fully saturated rings. The van der Waals surface area contributed by atoms with E-state index in [9.17, 15) is 13.2 Å². The van der Waals surface area contributed by atoms with Gasteiger partial charge in [0.2, 0.25) is 0 Å². The number of ether oxygens (including phenoxy) is 1. The first-order chi connectivity index (χ1) is 9.97. The summed E-state index contributed by atoms with van der Waals surface area (Å²) in [6, 6.07) is 8.87. The molecule has 0 aliphatic carbocycles. The topological polar surface area (TPSA) is 21.3 Å². The Kier molecular flexibility index (Phi) is 5.36. The molecule has 0 amide bonds. The van der Waals surface area contributed by atoms with Crippen molar-refractivity contribution in [3.05, 3.63) is 57.3 Å². The van der Waals surface area contributed by atoms with Gasteiger partial charge in [0.1, 0.15) is 11.6 Å². The van der Waals surface area contributed by atoms with E-state index < -0.39 is 12.4 Å². The molecule has 0 heterocycles. The zero-order valence-corrected chi connectivity index (χ0v) is 12.9. The van der Waals surface area contributed by atoms with Crippen LogP contribution in [0.4, 0.5) is 18.9 Å². The Bertz CT molecular complexity index is 619. The van der Waals surface area contributed by atoms with E-state index in [2.05, 4.69) is 26.0 Å². The maximum absolute atomic E-state index is 13.6. The van der Waals surface area contributed by atoms with Crippen LogP contribution in [0.25, 0.3) is 0 Å². The molecule has 112 valence electrons. The van der Waals surface area contributed by atoms with Crippen molar-refractivity contribution in [1.82, 2.24) is 0 Å². The SMILES string of the molecule is Fc1cccc(Cl)c1NCc1cc(Br)ccc1OC(F)F. The van der Waals surface area contributed by atoms with Gasteiger partial charge in [-0.05, 0) is 30.3 Å². The lowest BCUT2D eigenvalue weighted by molar-refractivity contribution is -0.0504. The average Bonchev–Trinajstić information content (AvgIpc) is 2.40. The van der Waals surface area contributed by atoms with Gasteiger partial charge in [0, 0.05) is 16.6 Å². The van der Waals surface area contributed by atoms with Gasteiger partial charge in [0.05, 0.1) is 10.7 Å². The normalized spacial score (nSPS) is 10.8. The molecule has 2 aromatic rings. The average molecular weight is 381 g/mol. The van der Waals surface area contributed by atoms with Crippen molar-refractivity contribution in [1.29, 1.82) is 0 Å². The number of halogens is 5. The molecule has 2 rings (SSSR count). The maximum atomic E-state index is 13.6. The van der Waals surface area contributed by atoms with Crippen LogP contribution in [0.3, 0.4) is 0 Å². The first-order valence-electron chi connectivity index (χ1n) is 5.88. The second-order valence-corrected chi connectivity index (χ2v) is 5.40. The van der Waals surface area contributed by atoms with Crippen molar-refractivity contribution in [3.8, 4) is 5.75 Å². The van der Waals surface area contributed by atoms with Crippen LogP contribution in [0.2, 0.25) is 5.02 Å². The summed E-state index contributed by atoms with van der Waals surface area (Å²) < 4.78 is 43.5. The minimum Gasteiger partial charge on any atom is -0.434 e. The van der Waals surface area contributed by atoms with E-state index in [1.54, 1.807) is 12.1 Å². The van der Waals surface area contributed by atoms with Crippen molar-refractivity contribution in [3.63, 3.8) is 0 Å². The molecule has 1 N–H and O–H groups in total. The van der Waals surface area contributed by atoms with Gasteiger partial charge in [-0.15, -0.1) is 0 Å². The molecule has 21 heavy (non-hydrogen) atoms. The lowest BCUT2D eigenvalue weighted by atomic mass is 10.2. The van der Waals surface area contributed by atoms with E-state index in [1.165, 1.54) is 24.3 Å². The molecule has 0 radical (unpaired) electrons. The number of para-hydroxylation sites is 1. The number of nitrogens with one attached hydrogen (secondary N) is 1. The van der Waals surface area contributed by atoms with Crippen LogP contribution in [0.1, 0.15) is 5.56 Å². The van der Waals surface area contributed by atoms with Crippen LogP contribution in [0.5, 0.6) is 5.75 Å². The predicted octanol–water partition coefficient (Wildman–Crippen LogP) is 5.46. The summed E-state index contributed by atoms with van der Waals surface area (Å²) in [6.07, 6.45) is 0. The summed E-state index contributed by atoms with van der Waals surface area (Å²) >= 11 is 9.13. The zero-order chi connectivity index (χ0) is 15.4. The van der Waals surface area contributed by atoms with Gasteiger partial charge < -0.3 is 10.1 Å². The summed E-state index contributed by atoms with van der Waals surface area (Å²) in [5.41, 5.74) is 0.561. The quantitative estimate of drug-likeness (QED) is 0.744. The first-order valence-corrected chi connectivity index (χ1v) is 7.05. The van der Waals surface area contributed by atoms with Gasteiger partial charge in [-0.1, -0.05) is 33.6 Å². The molecule has 0 aliphatic heterocycles. The third-order valence-corrected chi connectivity index (χ3v) is 3.47. The zero-order valence-electron chi connectivity index (χ0n) is 10.5. The highest BCUT2D eigenvalue weighted by Gasteiger charge is 2.12. The highest BCUT2D eigenvalue weighted by molar-refractivity contribution is 9.10. The number of anilines is 1. The van der Waals surface area contributed by atoms with E-state index in [-0.39, 0.29) is 23.0 Å².